The summed E-state index contributed by atoms with van der Waals surface area (Å²) in [6.45, 7) is 8.05. The lowest BCUT2D eigenvalue weighted by Gasteiger charge is -2.35. The molecule has 1 unspecified atom stereocenters. The molecule has 1 fully saturated rings. The Morgan fingerprint density at radius 1 is 1.50 bits per heavy atom. The second-order valence-electron chi connectivity index (χ2n) is 5.31. The van der Waals surface area contributed by atoms with E-state index in [4.69, 9.17) is 9.47 Å². The molecule has 0 amide bonds. The lowest BCUT2D eigenvalue weighted by atomic mass is 10.2. The SMILES string of the molecule is COc1ccc(Br)cc1NCC1CN(C(C)C)CCO1. The van der Waals surface area contributed by atoms with E-state index in [1.165, 1.54) is 0 Å². The van der Waals surface area contributed by atoms with Crippen LogP contribution in [0.5, 0.6) is 5.75 Å². The van der Waals surface area contributed by atoms with Gasteiger partial charge in [0.15, 0.2) is 0 Å². The maximum Gasteiger partial charge on any atom is 0.142 e. The van der Waals surface area contributed by atoms with Crippen LogP contribution >= 0.6 is 15.9 Å². The van der Waals surface area contributed by atoms with Gasteiger partial charge in [-0.1, -0.05) is 15.9 Å². The molecule has 0 spiro atoms. The Labute approximate surface area is 129 Å². The van der Waals surface area contributed by atoms with Crippen LogP contribution in [-0.2, 0) is 4.74 Å². The fourth-order valence-corrected chi connectivity index (χ4v) is 2.74. The average molecular weight is 343 g/mol. The Bertz CT molecular complexity index is 440. The molecule has 0 saturated carbocycles. The van der Waals surface area contributed by atoms with Crippen LogP contribution in [0.1, 0.15) is 13.8 Å². The molecule has 20 heavy (non-hydrogen) atoms. The summed E-state index contributed by atoms with van der Waals surface area (Å²) in [6, 6.07) is 6.53. The second-order valence-corrected chi connectivity index (χ2v) is 6.22. The van der Waals surface area contributed by atoms with Gasteiger partial charge in [0.05, 0.1) is 25.5 Å². The summed E-state index contributed by atoms with van der Waals surface area (Å²) < 4.78 is 12.2. The summed E-state index contributed by atoms with van der Waals surface area (Å²) >= 11 is 3.49. The van der Waals surface area contributed by atoms with E-state index in [1.807, 2.05) is 18.2 Å². The first-order valence-electron chi connectivity index (χ1n) is 7.03. The van der Waals surface area contributed by atoms with Gasteiger partial charge in [-0.2, -0.15) is 0 Å². The van der Waals surface area contributed by atoms with Gasteiger partial charge in [0.2, 0.25) is 0 Å². The Morgan fingerprint density at radius 3 is 3.00 bits per heavy atom. The molecule has 112 valence electrons. The minimum atomic E-state index is 0.217. The third-order valence-electron chi connectivity index (χ3n) is 3.58. The van der Waals surface area contributed by atoms with E-state index in [0.29, 0.717) is 6.04 Å². The number of halogens is 1. The third kappa shape index (κ3) is 4.11. The Kier molecular flexibility index (Phi) is 5.69. The van der Waals surface area contributed by atoms with Crippen LogP contribution in [0.4, 0.5) is 5.69 Å². The molecule has 1 aliphatic rings. The maximum atomic E-state index is 5.83. The van der Waals surface area contributed by atoms with Crippen LogP contribution in [-0.4, -0.2) is 50.4 Å². The number of benzene rings is 1. The molecule has 1 aromatic rings. The van der Waals surface area contributed by atoms with Crippen molar-refractivity contribution in [2.75, 3.05) is 38.7 Å². The summed E-state index contributed by atoms with van der Waals surface area (Å²) in [5, 5.41) is 3.43. The Morgan fingerprint density at radius 2 is 2.30 bits per heavy atom. The van der Waals surface area contributed by atoms with E-state index >= 15 is 0 Å². The predicted octanol–water partition coefficient (Wildman–Crippen LogP) is 2.98. The first kappa shape index (κ1) is 15.6. The molecule has 0 radical (unpaired) electrons. The van der Waals surface area contributed by atoms with E-state index < -0.39 is 0 Å². The normalized spacial score (nSPS) is 20.1. The number of nitrogens with one attached hydrogen (secondary N) is 1. The van der Waals surface area contributed by atoms with Crippen LogP contribution in [0.15, 0.2) is 22.7 Å². The Balaban J connectivity index is 1.93. The summed E-state index contributed by atoms with van der Waals surface area (Å²) in [5.74, 6) is 0.852. The van der Waals surface area contributed by atoms with E-state index in [1.54, 1.807) is 7.11 Å². The molecule has 1 aliphatic heterocycles. The highest BCUT2D eigenvalue weighted by Gasteiger charge is 2.22. The van der Waals surface area contributed by atoms with Crippen molar-refractivity contribution in [2.24, 2.45) is 0 Å². The van der Waals surface area contributed by atoms with Gasteiger partial charge in [0.1, 0.15) is 5.75 Å². The molecule has 1 aromatic carbocycles. The van der Waals surface area contributed by atoms with Crippen LogP contribution in [0.25, 0.3) is 0 Å². The number of hydrogen-bond donors (Lipinski definition) is 1. The van der Waals surface area contributed by atoms with Crippen LogP contribution in [0.3, 0.4) is 0 Å². The number of methoxy groups -OCH3 is 1. The first-order valence-corrected chi connectivity index (χ1v) is 7.82. The molecule has 1 heterocycles. The van der Waals surface area contributed by atoms with Gasteiger partial charge in [0.25, 0.3) is 0 Å². The van der Waals surface area contributed by atoms with Crippen LogP contribution < -0.4 is 10.1 Å². The van der Waals surface area contributed by atoms with Crippen molar-refractivity contribution in [3.63, 3.8) is 0 Å². The molecular formula is C15H23BrN2O2. The topological polar surface area (TPSA) is 33.7 Å². The van der Waals surface area contributed by atoms with Gasteiger partial charge in [-0.05, 0) is 32.0 Å². The quantitative estimate of drug-likeness (QED) is 0.891. The monoisotopic (exact) mass is 342 g/mol. The second kappa shape index (κ2) is 7.29. The average Bonchev–Trinajstić information content (AvgIpc) is 2.45. The van der Waals surface area contributed by atoms with E-state index in [-0.39, 0.29) is 6.10 Å². The predicted molar refractivity (Wildman–Crippen MR) is 85.6 cm³/mol. The zero-order chi connectivity index (χ0) is 14.5. The fraction of sp³-hybridized carbons (Fsp3) is 0.600. The van der Waals surface area contributed by atoms with E-state index in [0.717, 1.165) is 42.2 Å². The van der Waals surface area contributed by atoms with Crippen molar-refractivity contribution in [1.82, 2.24) is 4.90 Å². The van der Waals surface area contributed by atoms with Gasteiger partial charge < -0.3 is 14.8 Å². The molecule has 0 aromatic heterocycles. The van der Waals surface area contributed by atoms with Gasteiger partial charge >= 0.3 is 0 Å². The molecule has 0 bridgehead atoms. The molecule has 5 heteroatoms. The lowest BCUT2D eigenvalue weighted by Crippen LogP contribution is -2.48. The number of nitrogens with zero attached hydrogens (tertiary/aromatic N) is 1. The van der Waals surface area contributed by atoms with E-state index in [9.17, 15) is 0 Å². The molecule has 1 saturated heterocycles. The molecule has 4 nitrogen and oxygen atoms in total. The van der Waals surface area contributed by atoms with Crippen molar-refractivity contribution in [1.29, 1.82) is 0 Å². The highest BCUT2D eigenvalue weighted by molar-refractivity contribution is 9.10. The zero-order valence-electron chi connectivity index (χ0n) is 12.4. The van der Waals surface area contributed by atoms with Crippen molar-refractivity contribution < 1.29 is 9.47 Å². The number of rotatable bonds is 5. The summed E-state index contributed by atoms with van der Waals surface area (Å²) in [6.07, 6.45) is 0.217. The highest BCUT2D eigenvalue weighted by atomic mass is 79.9. The van der Waals surface area contributed by atoms with Crippen LogP contribution in [0.2, 0.25) is 0 Å². The minimum Gasteiger partial charge on any atom is -0.495 e. The molecule has 0 aliphatic carbocycles. The molecule has 2 rings (SSSR count). The number of anilines is 1. The van der Waals surface area contributed by atoms with Gasteiger partial charge in [-0.25, -0.2) is 0 Å². The Hall–Kier alpha value is -0.780. The first-order chi connectivity index (χ1) is 9.60. The van der Waals surface area contributed by atoms with Crippen LogP contribution in [0, 0.1) is 0 Å². The molecule has 1 atom stereocenters. The van der Waals surface area contributed by atoms with Gasteiger partial charge in [-0.3, -0.25) is 4.90 Å². The number of morpholine rings is 1. The standard InChI is InChI=1S/C15H23BrN2O2/c1-11(2)18-6-7-20-13(10-18)9-17-14-8-12(16)4-5-15(14)19-3/h4-5,8,11,13,17H,6-7,9-10H2,1-3H3. The lowest BCUT2D eigenvalue weighted by molar-refractivity contribution is -0.0315. The summed E-state index contributed by atoms with van der Waals surface area (Å²) in [5.41, 5.74) is 0.993. The van der Waals surface area contributed by atoms with E-state index in [2.05, 4.69) is 40.0 Å². The zero-order valence-corrected chi connectivity index (χ0v) is 13.9. The van der Waals surface area contributed by atoms with Crippen molar-refractivity contribution in [3.8, 4) is 5.75 Å². The molecule has 1 N–H and O–H groups in total. The van der Waals surface area contributed by atoms with Crippen molar-refractivity contribution in [3.05, 3.63) is 22.7 Å². The molecular weight excluding hydrogens is 320 g/mol. The van der Waals surface area contributed by atoms with Crippen molar-refractivity contribution >= 4 is 21.6 Å². The smallest absolute Gasteiger partial charge is 0.142 e. The number of ether oxygens (including phenoxy) is 2. The minimum absolute atomic E-state index is 0.217. The number of hydrogen-bond acceptors (Lipinski definition) is 4. The third-order valence-corrected chi connectivity index (χ3v) is 4.08. The summed E-state index contributed by atoms with van der Waals surface area (Å²) in [7, 11) is 1.69. The van der Waals surface area contributed by atoms with Gasteiger partial charge in [-0.15, -0.1) is 0 Å². The van der Waals surface area contributed by atoms with Crippen molar-refractivity contribution in [2.45, 2.75) is 26.0 Å². The fourth-order valence-electron chi connectivity index (χ4n) is 2.38. The largest absolute Gasteiger partial charge is 0.495 e. The highest BCUT2D eigenvalue weighted by Crippen LogP contribution is 2.28. The van der Waals surface area contributed by atoms with Gasteiger partial charge in [0, 0.05) is 30.1 Å². The maximum absolute atomic E-state index is 5.83. The summed E-state index contributed by atoms with van der Waals surface area (Å²) in [4.78, 5) is 2.45.